The van der Waals surface area contributed by atoms with Crippen LogP contribution in [0.4, 0.5) is 4.79 Å². The van der Waals surface area contributed by atoms with Gasteiger partial charge in [-0.1, -0.05) is 29.8 Å². The molecule has 19 heavy (non-hydrogen) atoms. The van der Waals surface area contributed by atoms with E-state index in [1.54, 1.807) is 0 Å². The van der Waals surface area contributed by atoms with Crippen LogP contribution >= 0.6 is 0 Å². The molecule has 1 aliphatic heterocycles. The van der Waals surface area contributed by atoms with Crippen LogP contribution in [0.15, 0.2) is 24.3 Å². The minimum absolute atomic E-state index is 0.217. The third kappa shape index (κ3) is 3.47. The Labute approximate surface area is 111 Å². The Balaban J connectivity index is 1.84. The van der Waals surface area contributed by atoms with Gasteiger partial charge < -0.3 is 14.7 Å². The van der Waals surface area contributed by atoms with Crippen LogP contribution in [0.2, 0.25) is 0 Å². The first-order valence-electron chi connectivity index (χ1n) is 6.26. The minimum Gasteiger partial charge on any atom is -0.481 e. The average molecular weight is 263 g/mol. The molecule has 1 aromatic carbocycles. The maximum atomic E-state index is 11.8. The summed E-state index contributed by atoms with van der Waals surface area (Å²) in [5.74, 6) is -1.32. The second kappa shape index (κ2) is 5.73. The number of hydrogen-bond acceptors (Lipinski definition) is 3. The summed E-state index contributed by atoms with van der Waals surface area (Å²) in [4.78, 5) is 24.0. The van der Waals surface area contributed by atoms with Crippen LogP contribution in [0.3, 0.4) is 0 Å². The number of ether oxygens (including phenoxy) is 1. The van der Waals surface area contributed by atoms with Crippen molar-refractivity contribution in [3.8, 4) is 0 Å². The Morgan fingerprint density at radius 1 is 1.47 bits per heavy atom. The molecule has 1 heterocycles. The highest BCUT2D eigenvalue weighted by Gasteiger charge is 2.31. The topological polar surface area (TPSA) is 66.8 Å². The van der Waals surface area contributed by atoms with E-state index in [1.165, 1.54) is 4.90 Å². The third-order valence-electron chi connectivity index (χ3n) is 3.24. The van der Waals surface area contributed by atoms with E-state index in [1.807, 2.05) is 31.2 Å². The van der Waals surface area contributed by atoms with E-state index in [2.05, 4.69) is 0 Å². The highest BCUT2D eigenvalue weighted by Crippen LogP contribution is 2.17. The Morgan fingerprint density at radius 2 is 2.26 bits per heavy atom. The molecule has 102 valence electrons. The fourth-order valence-corrected chi connectivity index (χ4v) is 2.17. The summed E-state index contributed by atoms with van der Waals surface area (Å²) >= 11 is 0. The first-order chi connectivity index (χ1) is 9.06. The summed E-state index contributed by atoms with van der Waals surface area (Å²) in [6, 6.07) is 7.74. The number of aryl methyl sites for hydroxylation is 1. The van der Waals surface area contributed by atoms with E-state index in [0.29, 0.717) is 13.0 Å². The fourth-order valence-electron chi connectivity index (χ4n) is 2.17. The molecule has 5 nitrogen and oxygen atoms in total. The first-order valence-corrected chi connectivity index (χ1v) is 6.26. The Morgan fingerprint density at radius 3 is 2.89 bits per heavy atom. The van der Waals surface area contributed by atoms with E-state index in [-0.39, 0.29) is 13.2 Å². The third-order valence-corrected chi connectivity index (χ3v) is 3.24. The van der Waals surface area contributed by atoms with E-state index in [4.69, 9.17) is 9.84 Å². The number of rotatable bonds is 3. The van der Waals surface area contributed by atoms with Crippen LogP contribution < -0.4 is 0 Å². The molecule has 0 bridgehead atoms. The predicted octanol–water partition coefficient (Wildman–Crippen LogP) is 2.04. The quantitative estimate of drug-likeness (QED) is 0.906. The molecular weight excluding hydrogens is 246 g/mol. The SMILES string of the molecule is Cc1cccc(COC(=O)N2CCC(C(=O)O)C2)c1. The molecule has 0 aromatic heterocycles. The minimum atomic E-state index is -0.853. The van der Waals surface area contributed by atoms with Crippen molar-refractivity contribution in [2.75, 3.05) is 13.1 Å². The van der Waals surface area contributed by atoms with Crippen molar-refractivity contribution < 1.29 is 19.4 Å². The van der Waals surface area contributed by atoms with Crippen molar-refractivity contribution in [2.24, 2.45) is 5.92 Å². The van der Waals surface area contributed by atoms with Gasteiger partial charge in [0.2, 0.25) is 0 Å². The molecule has 1 aliphatic rings. The Hall–Kier alpha value is -2.04. The zero-order valence-electron chi connectivity index (χ0n) is 10.8. The van der Waals surface area contributed by atoms with Gasteiger partial charge in [0.1, 0.15) is 6.61 Å². The van der Waals surface area contributed by atoms with Gasteiger partial charge in [0, 0.05) is 13.1 Å². The van der Waals surface area contributed by atoms with Crippen molar-refractivity contribution in [3.63, 3.8) is 0 Å². The molecule has 5 heteroatoms. The number of benzene rings is 1. The van der Waals surface area contributed by atoms with Crippen molar-refractivity contribution in [1.29, 1.82) is 0 Å². The van der Waals surface area contributed by atoms with Gasteiger partial charge in [-0.2, -0.15) is 0 Å². The van der Waals surface area contributed by atoms with Gasteiger partial charge in [0.05, 0.1) is 5.92 Å². The lowest BCUT2D eigenvalue weighted by Gasteiger charge is -2.15. The van der Waals surface area contributed by atoms with E-state index in [9.17, 15) is 9.59 Å². The first kappa shape index (κ1) is 13.4. The standard InChI is InChI=1S/C14H17NO4/c1-10-3-2-4-11(7-10)9-19-14(18)15-6-5-12(8-15)13(16)17/h2-4,7,12H,5-6,8-9H2,1H3,(H,16,17). The van der Waals surface area contributed by atoms with Crippen molar-refractivity contribution >= 4 is 12.1 Å². The summed E-state index contributed by atoms with van der Waals surface area (Å²) in [5, 5.41) is 8.87. The Kier molecular flexibility index (Phi) is 4.04. The van der Waals surface area contributed by atoms with Crippen LogP contribution in [0.1, 0.15) is 17.5 Å². The number of aliphatic carboxylic acids is 1. The number of carbonyl (C=O) groups is 2. The Bertz CT molecular complexity index is 486. The molecule has 0 aliphatic carbocycles. The lowest BCUT2D eigenvalue weighted by atomic mass is 10.1. The van der Waals surface area contributed by atoms with Gasteiger partial charge in [-0.15, -0.1) is 0 Å². The summed E-state index contributed by atoms with van der Waals surface area (Å²) in [5.41, 5.74) is 2.04. The molecule has 1 amide bonds. The number of carbonyl (C=O) groups excluding carboxylic acids is 1. The zero-order chi connectivity index (χ0) is 13.8. The molecule has 1 aromatic rings. The molecular formula is C14H17NO4. The van der Waals surface area contributed by atoms with Gasteiger partial charge in [0.25, 0.3) is 0 Å². The van der Waals surface area contributed by atoms with Crippen molar-refractivity contribution in [2.45, 2.75) is 20.0 Å². The number of hydrogen-bond donors (Lipinski definition) is 1. The van der Waals surface area contributed by atoms with Gasteiger partial charge in [-0.25, -0.2) is 4.79 Å². The van der Waals surface area contributed by atoms with Crippen molar-refractivity contribution in [1.82, 2.24) is 4.90 Å². The van der Waals surface area contributed by atoms with Gasteiger partial charge in [-0.3, -0.25) is 4.79 Å². The monoisotopic (exact) mass is 263 g/mol. The van der Waals surface area contributed by atoms with Crippen molar-refractivity contribution in [3.05, 3.63) is 35.4 Å². The molecule has 1 N–H and O–H groups in total. The van der Waals surface area contributed by atoms with E-state index in [0.717, 1.165) is 11.1 Å². The summed E-state index contributed by atoms with van der Waals surface area (Å²) < 4.78 is 5.19. The molecule has 0 spiro atoms. The zero-order valence-corrected chi connectivity index (χ0v) is 10.8. The second-order valence-electron chi connectivity index (χ2n) is 4.81. The molecule has 1 atom stereocenters. The maximum absolute atomic E-state index is 11.8. The highest BCUT2D eigenvalue weighted by atomic mass is 16.6. The predicted molar refractivity (Wildman–Crippen MR) is 68.7 cm³/mol. The maximum Gasteiger partial charge on any atom is 0.410 e. The summed E-state index contributed by atoms with van der Waals surface area (Å²) in [7, 11) is 0. The molecule has 1 saturated heterocycles. The molecule has 1 fully saturated rings. The summed E-state index contributed by atoms with van der Waals surface area (Å²) in [6.45, 7) is 2.88. The molecule has 2 rings (SSSR count). The largest absolute Gasteiger partial charge is 0.481 e. The highest BCUT2D eigenvalue weighted by molar-refractivity contribution is 5.74. The molecule has 0 radical (unpaired) electrons. The smallest absolute Gasteiger partial charge is 0.410 e. The molecule has 1 unspecified atom stereocenters. The lowest BCUT2D eigenvalue weighted by Crippen LogP contribution is -2.30. The van der Waals surface area contributed by atoms with E-state index < -0.39 is 18.0 Å². The van der Waals surface area contributed by atoms with Crippen LogP contribution in [0.25, 0.3) is 0 Å². The van der Waals surface area contributed by atoms with Crippen LogP contribution in [0, 0.1) is 12.8 Å². The average Bonchev–Trinajstić information content (AvgIpc) is 2.86. The number of carboxylic acids is 1. The van der Waals surface area contributed by atoms with Crippen LogP contribution in [0.5, 0.6) is 0 Å². The van der Waals surface area contributed by atoms with Crippen LogP contribution in [-0.2, 0) is 16.1 Å². The number of nitrogens with zero attached hydrogens (tertiary/aromatic N) is 1. The number of carboxylic acid groups (broad SMARTS) is 1. The normalized spacial score (nSPS) is 18.4. The fraction of sp³-hybridized carbons (Fsp3) is 0.429. The molecule has 0 saturated carbocycles. The number of likely N-dealkylation sites (tertiary alicyclic amines) is 1. The van der Waals surface area contributed by atoms with Gasteiger partial charge in [-0.05, 0) is 18.9 Å². The summed E-state index contributed by atoms with van der Waals surface area (Å²) in [6.07, 6.45) is 0.0553. The second-order valence-corrected chi connectivity index (χ2v) is 4.81. The van der Waals surface area contributed by atoms with Gasteiger partial charge in [0.15, 0.2) is 0 Å². The van der Waals surface area contributed by atoms with Crippen LogP contribution in [-0.4, -0.2) is 35.2 Å². The number of amides is 1. The lowest BCUT2D eigenvalue weighted by molar-refractivity contribution is -0.141. The van der Waals surface area contributed by atoms with Gasteiger partial charge >= 0.3 is 12.1 Å². The van der Waals surface area contributed by atoms with E-state index >= 15 is 0 Å².